The molecule has 5 nitrogen and oxygen atoms in total. The first-order valence-electron chi connectivity index (χ1n) is 12.1. The number of hydrogen-bond acceptors (Lipinski definition) is 5. The Labute approximate surface area is 180 Å². The lowest BCUT2D eigenvalue weighted by molar-refractivity contribution is -0.170. The maximum Gasteiger partial charge on any atom is 0.142 e. The molecule has 0 amide bonds. The molecule has 0 radical (unpaired) electrons. The Bertz CT molecular complexity index is 793. The summed E-state index contributed by atoms with van der Waals surface area (Å²) in [6.07, 6.45) is 9.76. The number of ketones is 1. The molecule has 0 aromatic carbocycles. The van der Waals surface area contributed by atoms with Gasteiger partial charge in [0, 0.05) is 29.7 Å². The van der Waals surface area contributed by atoms with E-state index in [9.17, 15) is 9.90 Å². The number of hydrogen-bond donors (Lipinski definition) is 2. The third-order valence-electron chi connectivity index (χ3n) is 10.1. The van der Waals surface area contributed by atoms with Crippen molar-refractivity contribution in [1.29, 1.82) is 0 Å². The molecule has 0 heterocycles. The molecule has 8 atom stereocenters. The average molecular weight is 415 g/mol. The molecule has 5 saturated carbocycles. The first-order valence-corrected chi connectivity index (χ1v) is 12.1. The SMILES string of the molecule is C=C1C[C@@]2(O)C/C(=N\OC3CCCC3N)CC[C@]2(C)[C@H]2CC[C@]3(C)C(=O)CC[C@H]3[C@H]12. The van der Waals surface area contributed by atoms with Crippen molar-refractivity contribution < 1.29 is 14.7 Å². The lowest BCUT2D eigenvalue weighted by atomic mass is 9.43. The Morgan fingerprint density at radius 3 is 2.63 bits per heavy atom. The lowest BCUT2D eigenvalue weighted by Gasteiger charge is -2.63. The summed E-state index contributed by atoms with van der Waals surface area (Å²) in [6, 6.07) is 0.0761. The molecule has 5 heteroatoms. The van der Waals surface area contributed by atoms with E-state index in [1.165, 1.54) is 0 Å². The van der Waals surface area contributed by atoms with Crippen LogP contribution >= 0.6 is 0 Å². The zero-order chi connectivity index (χ0) is 21.3. The molecule has 0 aliphatic heterocycles. The van der Waals surface area contributed by atoms with E-state index in [1.807, 2.05) is 0 Å². The maximum absolute atomic E-state index is 12.7. The fourth-order valence-electron chi connectivity index (χ4n) is 8.06. The summed E-state index contributed by atoms with van der Waals surface area (Å²) in [4.78, 5) is 18.5. The van der Waals surface area contributed by atoms with Crippen LogP contribution in [-0.4, -0.2) is 34.3 Å². The number of Topliss-reactive ketones (excluding diaryl/α,β-unsaturated/α-hetero) is 1. The quantitative estimate of drug-likeness (QED) is 0.525. The van der Waals surface area contributed by atoms with Crippen molar-refractivity contribution in [2.45, 2.75) is 102 Å². The minimum Gasteiger partial charge on any atom is -0.391 e. The Hall–Kier alpha value is -1.20. The van der Waals surface area contributed by atoms with Crippen molar-refractivity contribution in [1.82, 2.24) is 0 Å². The van der Waals surface area contributed by atoms with Gasteiger partial charge in [0.25, 0.3) is 0 Å². The number of nitrogens with two attached hydrogens (primary N) is 1. The minimum atomic E-state index is -0.820. The largest absolute Gasteiger partial charge is 0.391 e. The molecule has 5 aliphatic carbocycles. The van der Waals surface area contributed by atoms with E-state index in [4.69, 9.17) is 10.6 Å². The first kappa shape index (κ1) is 20.7. The number of nitrogens with zero attached hydrogens (tertiary/aromatic N) is 1. The maximum atomic E-state index is 12.7. The number of carbonyl (C=O) groups excluding carboxylic acids is 1. The minimum absolute atomic E-state index is 0.0158. The topological polar surface area (TPSA) is 84.9 Å². The highest BCUT2D eigenvalue weighted by atomic mass is 16.6. The predicted molar refractivity (Wildman–Crippen MR) is 117 cm³/mol. The van der Waals surface area contributed by atoms with E-state index < -0.39 is 5.60 Å². The van der Waals surface area contributed by atoms with Crippen LogP contribution in [0.15, 0.2) is 17.3 Å². The summed E-state index contributed by atoms with van der Waals surface area (Å²) in [5.41, 5.74) is 7.10. The standard InChI is InChI=1S/C25H38N2O3/c1-15-13-25(29)14-16(27-30-20-6-4-5-19(20)26)9-12-24(25,3)18-10-11-23(2)17(22(15)18)7-8-21(23)28/h17-20,22,29H,1,4-14,26H2,2-3H3/b27-16-/t17-,18-,19?,20?,22-,23-,24+,25+/m0/s1. The first-order chi connectivity index (χ1) is 14.2. The molecule has 30 heavy (non-hydrogen) atoms. The molecular weight excluding hydrogens is 376 g/mol. The van der Waals surface area contributed by atoms with Crippen LogP contribution in [0.4, 0.5) is 0 Å². The van der Waals surface area contributed by atoms with Crippen molar-refractivity contribution >= 4 is 11.5 Å². The van der Waals surface area contributed by atoms with Crippen LogP contribution in [0, 0.1) is 28.6 Å². The van der Waals surface area contributed by atoms with Gasteiger partial charge in [-0.2, -0.15) is 0 Å². The van der Waals surface area contributed by atoms with Gasteiger partial charge in [-0.25, -0.2) is 0 Å². The van der Waals surface area contributed by atoms with Gasteiger partial charge in [-0.1, -0.05) is 31.2 Å². The number of carbonyl (C=O) groups is 1. The summed E-state index contributed by atoms with van der Waals surface area (Å²) < 4.78 is 0. The third kappa shape index (κ3) is 2.80. The third-order valence-corrected chi connectivity index (χ3v) is 10.1. The smallest absolute Gasteiger partial charge is 0.142 e. The molecule has 5 fully saturated rings. The van der Waals surface area contributed by atoms with Crippen LogP contribution in [0.5, 0.6) is 0 Å². The number of rotatable bonds is 2. The zero-order valence-corrected chi connectivity index (χ0v) is 18.7. The van der Waals surface area contributed by atoms with E-state index in [1.54, 1.807) is 0 Å². The van der Waals surface area contributed by atoms with Gasteiger partial charge in [-0.15, -0.1) is 0 Å². The summed E-state index contributed by atoms with van der Waals surface area (Å²) in [5, 5.41) is 16.4. The van der Waals surface area contributed by atoms with E-state index in [0.29, 0.717) is 36.4 Å². The Balaban J connectivity index is 1.38. The van der Waals surface area contributed by atoms with Crippen LogP contribution in [0.1, 0.15) is 84.5 Å². The van der Waals surface area contributed by atoms with E-state index in [2.05, 4.69) is 25.6 Å². The molecular formula is C25H38N2O3. The number of fused-ring (bicyclic) bond motifs is 5. The molecule has 3 N–H and O–H groups in total. The highest BCUT2D eigenvalue weighted by Gasteiger charge is 2.65. The molecule has 2 unspecified atom stereocenters. The molecule has 0 aromatic rings. The fraction of sp³-hybridized carbons (Fsp3) is 0.840. The van der Waals surface area contributed by atoms with Gasteiger partial charge < -0.3 is 15.7 Å². The Morgan fingerprint density at radius 2 is 1.90 bits per heavy atom. The van der Waals surface area contributed by atoms with Gasteiger partial charge in [0.2, 0.25) is 0 Å². The van der Waals surface area contributed by atoms with Crippen LogP contribution in [0.2, 0.25) is 0 Å². The second-order valence-corrected chi connectivity index (χ2v) is 11.5. The van der Waals surface area contributed by atoms with Crippen molar-refractivity contribution in [3.05, 3.63) is 12.2 Å². The van der Waals surface area contributed by atoms with E-state index in [0.717, 1.165) is 69.1 Å². The molecule has 5 rings (SSSR count). The van der Waals surface area contributed by atoms with Crippen molar-refractivity contribution in [2.75, 3.05) is 0 Å². The molecule has 0 saturated heterocycles. The zero-order valence-electron chi connectivity index (χ0n) is 18.7. The highest BCUT2D eigenvalue weighted by molar-refractivity contribution is 5.88. The lowest BCUT2D eigenvalue weighted by Crippen LogP contribution is -2.63. The van der Waals surface area contributed by atoms with Crippen LogP contribution < -0.4 is 5.73 Å². The Morgan fingerprint density at radius 1 is 1.10 bits per heavy atom. The van der Waals surface area contributed by atoms with Gasteiger partial charge in [0.1, 0.15) is 11.9 Å². The summed E-state index contributed by atoms with van der Waals surface area (Å²) in [6.45, 7) is 8.95. The average Bonchev–Trinajstić information content (AvgIpc) is 3.24. The van der Waals surface area contributed by atoms with Crippen LogP contribution in [0.25, 0.3) is 0 Å². The molecule has 0 aromatic heterocycles. The highest BCUT2D eigenvalue weighted by Crippen LogP contribution is 2.67. The van der Waals surface area contributed by atoms with Crippen LogP contribution in [0.3, 0.4) is 0 Å². The molecule has 0 bridgehead atoms. The summed E-state index contributed by atoms with van der Waals surface area (Å²) >= 11 is 0. The van der Waals surface area contributed by atoms with Gasteiger partial charge in [0.15, 0.2) is 0 Å². The predicted octanol–water partition coefficient (Wildman–Crippen LogP) is 4.13. The second-order valence-electron chi connectivity index (χ2n) is 11.5. The second kappa shape index (κ2) is 6.90. The normalized spacial score (nSPS) is 52.1. The van der Waals surface area contributed by atoms with E-state index >= 15 is 0 Å². The fourth-order valence-corrected chi connectivity index (χ4v) is 8.06. The van der Waals surface area contributed by atoms with E-state index in [-0.39, 0.29) is 23.0 Å². The van der Waals surface area contributed by atoms with Crippen molar-refractivity contribution in [3.63, 3.8) is 0 Å². The molecule has 166 valence electrons. The Kier molecular flexibility index (Phi) is 4.76. The summed E-state index contributed by atoms with van der Waals surface area (Å²) in [5.74, 6) is 1.62. The monoisotopic (exact) mass is 414 g/mol. The number of oxime groups is 1. The van der Waals surface area contributed by atoms with Crippen molar-refractivity contribution in [3.8, 4) is 0 Å². The van der Waals surface area contributed by atoms with Gasteiger partial charge in [-0.3, -0.25) is 4.79 Å². The number of aliphatic hydroxyl groups is 1. The van der Waals surface area contributed by atoms with Gasteiger partial charge >= 0.3 is 0 Å². The van der Waals surface area contributed by atoms with Gasteiger partial charge in [-0.05, 0) is 75.5 Å². The molecule has 5 aliphatic rings. The van der Waals surface area contributed by atoms with Gasteiger partial charge in [0.05, 0.1) is 11.3 Å². The summed E-state index contributed by atoms with van der Waals surface area (Å²) in [7, 11) is 0. The molecule has 0 spiro atoms. The van der Waals surface area contributed by atoms with Crippen molar-refractivity contribution in [2.24, 2.45) is 39.5 Å². The van der Waals surface area contributed by atoms with Crippen LogP contribution in [-0.2, 0) is 9.63 Å².